The number of nitrogens with zero attached hydrogens (tertiary/aromatic N) is 5. The number of alkyl halides is 3. The van der Waals surface area contributed by atoms with Crippen molar-refractivity contribution in [2.45, 2.75) is 45.9 Å². The largest absolute Gasteiger partial charge is 0.573 e. The quantitative estimate of drug-likeness (QED) is 0.150. The first kappa shape index (κ1) is 31.9. The van der Waals surface area contributed by atoms with E-state index in [0.717, 1.165) is 27.9 Å². The van der Waals surface area contributed by atoms with Gasteiger partial charge in [0.1, 0.15) is 17.1 Å². The lowest BCUT2D eigenvalue weighted by Crippen LogP contribution is -2.31. The smallest absolute Gasteiger partial charge is 0.406 e. The highest BCUT2D eigenvalue weighted by Gasteiger charge is 2.32. The van der Waals surface area contributed by atoms with Gasteiger partial charge in [-0.25, -0.2) is 14.7 Å². The van der Waals surface area contributed by atoms with Crippen LogP contribution in [0, 0.1) is 18.8 Å². The van der Waals surface area contributed by atoms with Gasteiger partial charge in [0.15, 0.2) is 11.0 Å². The fraction of sp³-hybridized carbons (Fsp3) is 0.242. The molecular formula is C33H28F3N5O2S2. The summed E-state index contributed by atoms with van der Waals surface area (Å²) in [6.45, 7) is 6.21. The number of amidine groups is 1. The molecule has 12 heteroatoms. The van der Waals surface area contributed by atoms with Crippen molar-refractivity contribution in [3.05, 3.63) is 89.7 Å². The number of halogens is 3. The second-order valence-electron chi connectivity index (χ2n) is 10.5. The third-order valence-corrected chi connectivity index (χ3v) is 7.92. The van der Waals surface area contributed by atoms with Gasteiger partial charge in [-0.05, 0) is 78.6 Å². The van der Waals surface area contributed by atoms with Crippen molar-refractivity contribution in [3.63, 3.8) is 0 Å². The first-order valence-electron chi connectivity index (χ1n) is 14.0. The second-order valence-corrected chi connectivity index (χ2v) is 11.9. The van der Waals surface area contributed by atoms with Gasteiger partial charge >= 0.3 is 6.36 Å². The van der Waals surface area contributed by atoms with Crippen LogP contribution in [0.25, 0.3) is 17.1 Å². The Labute approximate surface area is 268 Å². The van der Waals surface area contributed by atoms with Gasteiger partial charge in [-0.15, -0.1) is 18.3 Å². The molecule has 0 radical (unpaired) electrons. The number of carbonyl (C=O) groups excluding carboxylic acids is 1. The van der Waals surface area contributed by atoms with Gasteiger partial charge in [-0.3, -0.25) is 9.69 Å². The number of anilines is 1. The number of thioether (sulfide) groups is 1. The van der Waals surface area contributed by atoms with Crippen molar-refractivity contribution in [1.29, 1.82) is 0 Å². The average molecular weight is 648 g/mol. The minimum Gasteiger partial charge on any atom is -0.406 e. The van der Waals surface area contributed by atoms with Crippen molar-refractivity contribution in [2.24, 2.45) is 4.99 Å². The Kier molecular flexibility index (Phi) is 9.70. The highest BCUT2D eigenvalue weighted by Crippen LogP contribution is 2.34. The summed E-state index contributed by atoms with van der Waals surface area (Å²) >= 11 is 6.93. The maximum absolute atomic E-state index is 12.8. The standard InChI is InChI=1S/C33H28F3N5O2S2/c1-21(2)27-17-8-22(3)18-28(27)41-30(42)19-45-32(41)38-29(44)7-5-4-6-23-9-11-24(12-10-23)31-37-20-40(39-31)25-13-15-26(16-14-25)43-33(34,35)36/h8-18,20-21H,5,7,19H2,1-3H3. The molecule has 4 aromatic rings. The summed E-state index contributed by atoms with van der Waals surface area (Å²) in [5, 5.41) is 5.02. The molecule has 1 fully saturated rings. The van der Waals surface area contributed by atoms with E-state index in [-0.39, 0.29) is 17.6 Å². The van der Waals surface area contributed by atoms with E-state index in [4.69, 9.17) is 12.2 Å². The summed E-state index contributed by atoms with van der Waals surface area (Å²) in [5.74, 6) is 6.98. The van der Waals surface area contributed by atoms with Crippen LogP contribution in [0.15, 0.2) is 78.0 Å². The molecule has 0 N–H and O–H groups in total. The van der Waals surface area contributed by atoms with Crippen LogP contribution >= 0.6 is 24.0 Å². The van der Waals surface area contributed by atoms with E-state index in [9.17, 15) is 18.0 Å². The molecule has 7 nitrogen and oxygen atoms in total. The highest BCUT2D eigenvalue weighted by molar-refractivity contribution is 8.15. The van der Waals surface area contributed by atoms with Gasteiger partial charge in [-0.1, -0.05) is 61.8 Å². The third kappa shape index (κ3) is 8.17. The summed E-state index contributed by atoms with van der Waals surface area (Å²) in [6.07, 6.45) is -2.27. The van der Waals surface area contributed by atoms with Crippen LogP contribution in [0.3, 0.4) is 0 Å². The van der Waals surface area contributed by atoms with Crippen LogP contribution < -0.4 is 9.64 Å². The lowest BCUT2D eigenvalue weighted by Gasteiger charge is -2.22. The number of aromatic nitrogens is 3. The minimum absolute atomic E-state index is 0.00660. The van der Waals surface area contributed by atoms with Crippen LogP contribution in [0.1, 0.15) is 49.3 Å². The average Bonchev–Trinajstić information content (AvgIpc) is 3.62. The molecule has 0 aliphatic carbocycles. The Morgan fingerprint density at radius 2 is 1.84 bits per heavy atom. The molecule has 1 aliphatic rings. The second kappa shape index (κ2) is 13.7. The summed E-state index contributed by atoms with van der Waals surface area (Å²) in [6, 6.07) is 18.9. The first-order valence-corrected chi connectivity index (χ1v) is 15.4. The van der Waals surface area contributed by atoms with Crippen LogP contribution in [0.4, 0.5) is 18.9 Å². The van der Waals surface area contributed by atoms with Crippen LogP contribution in [-0.2, 0) is 4.79 Å². The molecule has 5 rings (SSSR count). The van der Waals surface area contributed by atoms with Crippen molar-refractivity contribution < 1.29 is 22.7 Å². The molecule has 1 saturated heterocycles. The van der Waals surface area contributed by atoms with E-state index in [2.05, 4.69) is 57.6 Å². The molecule has 230 valence electrons. The topological polar surface area (TPSA) is 72.6 Å². The van der Waals surface area contributed by atoms with E-state index >= 15 is 0 Å². The number of hydrogen-bond donors (Lipinski definition) is 0. The lowest BCUT2D eigenvalue weighted by molar-refractivity contribution is -0.274. The van der Waals surface area contributed by atoms with E-state index < -0.39 is 6.36 Å². The Morgan fingerprint density at radius 1 is 1.11 bits per heavy atom. The monoisotopic (exact) mass is 647 g/mol. The van der Waals surface area contributed by atoms with E-state index in [1.165, 1.54) is 47.0 Å². The molecule has 45 heavy (non-hydrogen) atoms. The predicted octanol–water partition coefficient (Wildman–Crippen LogP) is 7.86. The molecule has 0 unspecified atom stereocenters. The first-order chi connectivity index (χ1) is 21.5. The van der Waals surface area contributed by atoms with Gasteiger partial charge in [0.2, 0.25) is 5.91 Å². The van der Waals surface area contributed by atoms with Crippen molar-refractivity contribution in [3.8, 4) is 34.7 Å². The number of hydrogen-bond acceptors (Lipinski definition) is 6. The third-order valence-electron chi connectivity index (χ3n) is 6.70. The zero-order valence-electron chi connectivity index (χ0n) is 24.6. The van der Waals surface area contributed by atoms with E-state index in [1.54, 1.807) is 4.90 Å². The summed E-state index contributed by atoms with van der Waals surface area (Å²) < 4.78 is 42.6. The maximum Gasteiger partial charge on any atom is 0.573 e. The summed E-state index contributed by atoms with van der Waals surface area (Å²) in [5.41, 5.74) is 5.12. The van der Waals surface area contributed by atoms with Gasteiger partial charge in [-0.2, -0.15) is 0 Å². The Hall–Kier alpha value is -4.47. The van der Waals surface area contributed by atoms with Gasteiger partial charge < -0.3 is 4.74 Å². The van der Waals surface area contributed by atoms with Gasteiger partial charge in [0.25, 0.3) is 0 Å². The SMILES string of the molecule is Cc1ccc(C(C)C)c(N2C(=O)CSC2=NC(=S)CCC#Cc2ccc(-c3ncn(-c4ccc(OC(F)(F)F)cc4)n3)cc2)c1. The normalized spacial score (nSPS) is 14.2. The Bertz CT molecular complexity index is 1800. The fourth-order valence-electron chi connectivity index (χ4n) is 4.54. The van der Waals surface area contributed by atoms with Gasteiger partial charge in [0, 0.05) is 24.0 Å². The highest BCUT2D eigenvalue weighted by atomic mass is 32.2. The number of benzene rings is 3. The maximum atomic E-state index is 12.8. The number of amides is 1. The van der Waals surface area contributed by atoms with Crippen LogP contribution in [0.2, 0.25) is 0 Å². The van der Waals surface area contributed by atoms with Crippen molar-refractivity contribution >= 4 is 45.7 Å². The molecule has 3 aromatic carbocycles. The minimum atomic E-state index is -4.75. The van der Waals surface area contributed by atoms with E-state index in [1.807, 2.05) is 37.3 Å². The van der Waals surface area contributed by atoms with Crippen molar-refractivity contribution in [2.75, 3.05) is 10.7 Å². The molecule has 1 amide bonds. The molecule has 0 bridgehead atoms. The number of rotatable bonds is 7. The predicted molar refractivity (Wildman–Crippen MR) is 175 cm³/mol. The Balaban J connectivity index is 1.18. The molecule has 1 aromatic heterocycles. The molecular weight excluding hydrogens is 620 g/mol. The number of carbonyl (C=O) groups is 1. The molecule has 0 atom stereocenters. The summed E-state index contributed by atoms with van der Waals surface area (Å²) in [7, 11) is 0. The summed E-state index contributed by atoms with van der Waals surface area (Å²) in [4.78, 5) is 23.9. The number of ether oxygens (including phenoxy) is 1. The van der Waals surface area contributed by atoms with Crippen molar-refractivity contribution in [1.82, 2.24) is 14.8 Å². The lowest BCUT2D eigenvalue weighted by atomic mass is 9.99. The van der Waals surface area contributed by atoms with Crippen LogP contribution in [0.5, 0.6) is 5.75 Å². The number of aryl methyl sites for hydroxylation is 1. The van der Waals surface area contributed by atoms with Crippen LogP contribution in [-0.4, -0.2) is 42.9 Å². The fourth-order valence-corrected chi connectivity index (χ4v) is 5.67. The van der Waals surface area contributed by atoms with E-state index in [0.29, 0.717) is 40.3 Å². The van der Waals surface area contributed by atoms with Gasteiger partial charge in [0.05, 0.1) is 17.1 Å². The zero-order valence-corrected chi connectivity index (χ0v) is 26.3. The molecule has 2 heterocycles. The zero-order chi connectivity index (χ0) is 32.1. The molecule has 0 saturated carbocycles. The number of aliphatic imine (C=N–C) groups is 1. The molecule has 0 spiro atoms. The molecule has 1 aliphatic heterocycles. The Morgan fingerprint density at radius 3 is 2.53 bits per heavy atom. The number of thiocarbonyl (C=S) groups is 1.